The van der Waals surface area contributed by atoms with Crippen LogP contribution in [-0.2, 0) is 10.0 Å². The Morgan fingerprint density at radius 1 is 1.05 bits per heavy atom. The van der Waals surface area contributed by atoms with E-state index in [1.807, 2.05) is 19.9 Å². The predicted molar refractivity (Wildman–Crippen MR) is 75.7 cm³/mol. The molecule has 0 atom stereocenters. The van der Waals surface area contributed by atoms with Gasteiger partial charge in [0.25, 0.3) is 10.0 Å². The summed E-state index contributed by atoms with van der Waals surface area (Å²) in [6.07, 6.45) is 3.19. The SMILES string of the molecule is Cc1ccc(S(=O)(=O)Nc2ccncc2C)c(C)c1. The van der Waals surface area contributed by atoms with Crippen molar-refractivity contribution in [3.63, 3.8) is 0 Å². The van der Waals surface area contributed by atoms with Gasteiger partial charge in [-0.15, -0.1) is 0 Å². The maximum Gasteiger partial charge on any atom is 0.262 e. The topological polar surface area (TPSA) is 59.1 Å². The molecule has 0 aliphatic heterocycles. The number of hydrogen-bond donors (Lipinski definition) is 1. The van der Waals surface area contributed by atoms with Crippen LogP contribution in [0.1, 0.15) is 16.7 Å². The Morgan fingerprint density at radius 3 is 2.42 bits per heavy atom. The Balaban J connectivity index is 2.41. The van der Waals surface area contributed by atoms with E-state index in [-0.39, 0.29) is 0 Å². The number of rotatable bonds is 3. The van der Waals surface area contributed by atoms with E-state index in [9.17, 15) is 8.42 Å². The number of nitrogens with one attached hydrogen (secondary N) is 1. The Bertz CT molecular complexity index is 709. The van der Waals surface area contributed by atoms with E-state index in [4.69, 9.17) is 0 Å². The second-order valence-corrected chi connectivity index (χ2v) is 6.22. The lowest BCUT2D eigenvalue weighted by Gasteiger charge is -2.12. The zero-order valence-corrected chi connectivity index (χ0v) is 12.0. The third-order valence-electron chi connectivity index (χ3n) is 2.88. The average Bonchev–Trinajstić information content (AvgIpc) is 2.31. The minimum Gasteiger partial charge on any atom is -0.279 e. The maximum atomic E-state index is 12.4. The lowest BCUT2D eigenvalue weighted by molar-refractivity contribution is 0.600. The van der Waals surface area contributed by atoms with E-state index in [0.29, 0.717) is 10.6 Å². The van der Waals surface area contributed by atoms with Crippen LogP contribution in [0.15, 0.2) is 41.6 Å². The third kappa shape index (κ3) is 2.93. The van der Waals surface area contributed by atoms with E-state index in [2.05, 4.69) is 9.71 Å². The van der Waals surface area contributed by atoms with Crippen LogP contribution < -0.4 is 4.72 Å². The highest BCUT2D eigenvalue weighted by Crippen LogP contribution is 2.21. The standard InChI is InChI=1S/C14H16N2O2S/c1-10-4-5-14(11(2)8-10)19(17,18)16-13-6-7-15-9-12(13)3/h4-9H,1-3H3,(H,15,16). The minimum atomic E-state index is -3.56. The highest BCUT2D eigenvalue weighted by molar-refractivity contribution is 7.92. The van der Waals surface area contributed by atoms with E-state index in [1.165, 1.54) is 0 Å². The maximum absolute atomic E-state index is 12.4. The summed E-state index contributed by atoms with van der Waals surface area (Å²) in [6, 6.07) is 6.93. The lowest BCUT2D eigenvalue weighted by Crippen LogP contribution is -2.15. The van der Waals surface area contributed by atoms with Gasteiger partial charge in [0.05, 0.1) is 10.6 Å². The van der Waals surface area contributed by atoms with E-state index < -0.39 is 10.0 Å². The van der Waals surface area contributed by atoms with Gasteiger partial charge in [0.15, 0.2) is 0 Å². The summed E-state index contributed by atoms with van der Waals surface area (Å²) >= 11 is 0. The second kappa shape index (κ2) is 5.01. The number of nitrogens with zero attached hydrogens (tertiary/aromatic N) is 1. The molecule has 5 heteroatoms. The fraction of sp³-hybridized carbons (Fsp3) is 0.214. The summed E-state index contributed by atoms with van der Waals surface area (Å²) in [5.41, 5.74) is 3.11. The molecule has 0 saturated carbocycles. The van der Waals surface area contributed by atoms with Crippen molar-refractivity contribution in [1.29, 1.82) is 0 Å². The molecule has 0 radical (unpaired) electrons. The fourth-order valence-corrected chi connectivity index (χ4v) is 3.25. The van der Waals surface area contributed by atoms with Crippen molar-refractivity contribution in [2.75, 3.05) is 4.72 Å². The van der Waals surface area contributed by atoms with E-state index in [1.54, 1.807) is 37.5 Å². The molecule has 1 heterocycles. The highest BCUT2D eigenvalue weighted by Gasteiger charge is 2.17. The van der Waals surface area contributed by atoms with Crippen LogP contribution in [0.4, 0.5) is 5.69 Å². The van der Waals surface area contributed by atoms with Crippen LogP contribution in [0.3, 0.4) is 0 Å². The summed E-state index contributed by atoms with van der Waals surface area (Å²) in [4.78, 5) is 4.24. The Morgan fingerprint density at radius 2 is 1.79 bits per heavy atom. The van der Waals surface area contributed by atoms with Crippen molar-refractivity contribution in [3.05, 3.63) is 53.3 Å². The largest absolute Gasteiger partial charge is 0.279 e. The van der Waals surface area contributed by atoms with Gasteiger partial charge in [-0.3, -0.25) is 9.71 Å². The molecule has 4 nitrogen and oxygen atoms in total. The number of hydrogen-bond acceptors (Lipinski definition) is 3. The van der Waals surface area contributed by atoms with Crippen LogP contribution >= 0.6 is 0 Å². The van der Waals surface area contributed by atoms with Crippen molar-refractivity contribution >= 4 is 15.7 Å². The molecular formula is C14H16N2O2S. The number of anilines is 1. The molecule has 0 saturated heterocycles. The summed E-state index contributed by atoms with van der Waals surface area (Å²) in [7, 11) is -3.56. The molecule has 100 valence electrons. The summed E-state index contributed by atoms with van der Waals surface area (Å²) in [6.45, 7) is 5.54. The van der Waals surface area contributed by atoms with Crippen molar-refractivity contribution in [2.24, 2.45) is 0 Å². The first-order valence-corrected chi connectivity index (χ1v) is 7.39. The van der Waals surface area contributed by atoms with Crippen molar-refractivity contribution in [3.8, 4) is 0 Å². The van der Waals surface area contributed by atoms with Crippen LogP contribution in [0.25, 0.3) is 0 Å². The monoisotopic (exact) mass is 276 g/mol. The number of sulfonamides is 1. The number of pyridine rings is 1. The zero-order valence-electron chi connectivity index (χ0n) is 11.1. The molecule has 19 heavy (non-hydrogen) atoms. The average molecular weight is 276 g/mol. The first-order chi connectivity index (χ1) is 8.90. The Labute approximate surface area is 113 Å². The smallest absolute Gasteiger partial charge is 0.262 e. The minimum absolute atomic E-state index is 0.300. The Hall–Kier alpha value is -1.88. The molecule has 0 amide bonds. The van der Waals surface area contributed by atoms with Crippen LogP contribution in [0.5, 0.6) is 0 Å². The molecule has 0 fully saturated rings. The van der Waals surface area contributed by atoms with Crippen LogP contribution in [-0.4, -0.2) is 13.4 Å². The number of aryl methyl sites for hydroxylation is 3. The molecule has 2 aromatic rings. The van der Waals surface area contributed by atoms with E-state index >= 15 is 0 Å². The highest BCUT2D eigenvalue weighted by atomic mass is 32.2. The van der Waals surface area contributed by atoms with Gasteiger partial charge in [0.2, 0.25) is 0 Å². The summed E-state index contributed by atoms with van der Waals surface area (Å²) < 4.78 is 27.3. The molecule has 0 aliphatic rings. The van der Waals surface area contributed by atoms with Crippen molar-refractivity contribution < 1.29 is 8.42 Å². The van der Waals surface area contributed by atoms with Gasteiger partial charge in [-0.2, -0.15) is 0 Å². The van der Waals surface area contributed by atoms with Crippen LogP contribution in [0.2, 0.25) is 0 Å². The number of benzene rings is 1. The zero-order chi connectivity index (χ0) is 14.0. The molecule has 1 N–H and O–H groups in total. The summed E-state index contributed by atoms with van der Waals surface area (Å²) in [5, 5.41) is 0. The number of aromatic nitrogens is 1. The van der Waals surface area contributed by atoms with Crippen molar-refractivity contribution in [1.82, 2.24) is 4.98 Å². The van der Waals surface area contributed by atoms with Crippen molar-refractivity contribution in [2.45, 2.75) is 25.7 Å². The van der Waals surface area contributed by atoms with Gasteiger partial charge in [-0.1, -0.05) is 17.7 Å². The van der Waals surface area contributed by atoms with Gasteiger partial charge in [-0.25, -0.2) is 8.42 Å². The lowest BCUT2D eigenvalue weighted by atomic mass is 10.2. The first kappa shape index (κ1) is 13.5. The van der Waals surface area contributed by atoms with E-state index in [0.717, 1.165) is 16.7 Å². The van der Waals surface area contributed by atoms with Gasteiger partial charge in [-0.05, 0) is 44.0 Å². The molecule has 0 bridgehead atoms. The third-order valence-corrected chi connectivity index (χ3v) is 4.41. The molecular weight excluding hydrogens is 260 g/mol. The molecule has 0 spiro atoms. The quantitative estimate of drug-likeness (QED) is 0.937. The predicted octanol–water partition coefficient (Wildman–Crippen LogP) is 2.81. The molecule has 0 aliphatic carbocycles. The summed E-state index contributed by atoms with van der Waals surface area (Å²) in [5.74, 6) is 0. The van der Waals surface area contributed by atoms with Gasteiger partial charge in [0, 0.05) is 12.4 Å². The molecule has 1 aromatic heterocycles. The molecule has 1 aromatic carbocycles. The first-order valence-electron chi connectivity index (χ1n) is 5.91. The normalized spacial score (nSPS) is 11.3. The molecule has 0 unspecified atom stereocenters. The molecule has 2 rings (SSSR count). The van der Waals surface area contributed by atoms with Gasteiger partial charge < -0.3 is 0 Å². The second-order valence-electron chi connectivity index (χ2n) is 4.57. The van der Waals surface area contributed by atoms with Crippen LogP contribution in [0, 0.1) is 20.8 Å². The fourth-order valence-electron chi connectivity index (χ4n) is 1.89. The van der Waals surface area contributed by atoms with Gasteiger partial charge in [0.1, 0.15) is 0 Å². The van der Waals surface area contributed by atoms with Gasteiger partial charge >= 0.3 is 0 Å². The Kier molecular flexibility index (Phi) is 3.57.